The predicted molar refractivity (Wildman–Crippen MR) is 72.7 cm³/mol. The van der Waals surface area contributed by atoms with Gasteiger partial charge in [-0.15, -0.1) is 0 Å². The van der Waals surface area contributed by atoms with Crippen molar-refractivity contribution in [3.8, 4) is 0 Å². The van der Waals surface area contributed by atoms with E-state index >= 15 is 0 Å². The molecule has 1 aromatic heterocycles. The van der Waals surface area contributed by atoms with Crippen molar-refractivity contribution in [3.63, 3.8) is 0 Å². The molecule has 2 heterocycles. The maximum Gasteiger partial charge on any atom is 0.254 e. The molecule has 0 atom stereocenters. The van der Waals surface area contributed by atoms with Gasteiger partial charge in [-0.25, -0.2) is 0 Å². The van der Waals surface area contributed by atoms with Crippen LogP contribution in [0.1, 0.15) is 23.7 Å². The van der Waals surface area contributed by atoms with E-state index in [0.717, 1.165) is 17.5 Å². The van der Waals surface area contributed by atoms with Crippen LogP contribution in [0.3, 0.4) is 0 Å². The number of nitrogens with zero attached hydrogens (tertiary/aromatic N) is 3. The minimum atomic E-state index is -0.202. The zero-order chi connectivity index (χ0) is 13.5. The molecule has 2 N–H and O–H groups in total. The average Bonchev–Trinajstić information content (AvgIpc) is 2.42. The predicted octanol–water partition coefficient (Wildman–Crippen LogP) is 1.19. The number of carbonyl (C=O) groups is 1. The first kappa shape index (κ1) is 12.0. The standard InChI is InChI=1S/C14H16N4O/c1-2-14(15)8-18(9-14)13(19)10-3-4-11-12(7-10)17-6-5-16-11/h3-7H,2,8-9,15H2,1H3. The molecule has 0 bridgehead atoms. The Balaban J connectivity index is 1.83. The molecule has 2 aromatic rings. The zero-order valence-electron chi connectivity index (χ0n) is 10.8. The highest BCUT2D eigenvalue weighted by atomic mass is 16.2. The van der Waals surface area contributed by atoms with Gasteiger partial charge in [0, 0.05) is 31.0 Å². The number of hydrogen-bond acceptors (Lipinski definition) is 4. The third-order valence-electron chi connectivity index (χ3n) is 3.72. The molecule has 1 fully saturated rings. The molecule has 3 rings (SSSR count). The van der Waals surface area contributed by atoms with E-state index in [4.69, 9.17) is 5.73 Å². The third kappa shape index (κ3) is 2.06. The number of aromatic nitrogens is 2. The van der Waals surface area contributed by atoms with Gasteiger partial charge in [-0.3, -0.25) is 14.8 Å². The monoisotopic (exact) mass is 256 g/mol. The number of likely N-dealkylation sites (tertiary alicyclic amines) is 1. The molecule has 0 unspecified atom stereocenters. The average molecular weight is 256 g/mol. The van der Waals surface area contributed by atoms with Crippen LogP contribution >= 0.6 is 0 Å². The molecule has 1 aliphatic heterocycles. The number of carbonyl (C=O) groups excluding carboxylic acids is 1. The molecule has 0 aliphatic carbocycles. The van der Waals surface area contributed by atoms with Crippen LogP contribution in [0, 0.1) is 0 Å². The fraction of sp³-hybridized carbons (Fsp3) is 0.357. The Hall–Kier alpha value is -2.01. The van der Waals surface area contributed by atoms with Gasteiger partial charge in [0.2, 0.25) is 0 Å². The molecule has 1 saturated heterocycles. The lowest BCUT2D eigenvalue weighted by atomic mass is 9.88. The Morgan fingerprint density at radius 1 is 1.32 bits per heavy atom. The smallest absolute Gasteiger partial charge is 0.254 e. The summed E-state index contributed by atoms with van der Waals surface area (Å²) in [4.78, 5) is 22.5. The van der Waals surface area contributed by atoms with Gasteiger partial charge in [-0.05, 0) is 24.6 Å². The molecule has 98 valence electrons. The van der Waals surface area contributed by atoms with Crippen LogP contribution in [0.2, 0.25) is 0 Å². The first-order chi connectivity index (χ1) is 9.11. The SMILES string of the molecule is CCC1(N)CN(C(=O)c2ccc3nccnc3c2)C1. The van der Waals surface area contributed by atoms with Gasteiger partial charge in [-0.1, -0.05) is 6.92 Å². The van der Waals surface area contributed by atoms with Gasteiger partial charge < -0.3 is 10.6 Å². The van der Waals surface area contributed by atoms with E-state index in [2.05, 4.69) is 9.97 Å². The van der Waals surface area contributed by atoms with Crippen molar-refractivity contribution in [2.45, 2.75) is 18.9 Å². The molecule has 5 nitrogen and oxygen atoms in total. The molecule has 1 aromatic carbocycles. The van der Waals surface area contributed by atoms with Crippen molar-refractivity contribution < 1.29 is 4.79 Å². The lowest BCUT2D eigenvalue weighted by Crippen LogP contribution is -2.68. The van der Waals surface area contributed by atoms with Crippen LogP contribution in [-0.2, 0) is 0 Å². The quantitative estimate of drug-likeness (QED) is 0.876. The topological polar surface area (TPSA) is 72.1 Å². The molecule has 19 heavy (non-hydrogen) atoms. The first-order valence-corrected chi connectivity index (χ1v) is 6.40. The summed E-state index contributed by atoms with van der Waals surface area (Å²) in [5.41, 5.74) is 8.06. The van der Waals surface area contributed by atoms with E-state index in [1.165, 1.54) is 0 Å². The number of nitrogens with two attached hydrogens (primary N) is 1. The van der Waals surface area contributed by atoms with E-state index < -0.39 is 0 Å². The normalized spacial score (nSPS) is 17.3. The molecule has 1 aliphatic rings. The summed E-state index contributed by atoms with van der Waals surface area (Å²) in [7, 11) is 0. The third-order valence-corrected chi connectivity index (χ3v) is 3.72. The van der Waals surface area contributed by atoms with Gasteiger partial charge in [0.05, 0.1) is 16.6 Å². The van der Waals surface area contributed by atoms with Crippen LogP contribution in [0.25, 0.3) is 11.0 Å². The number of rotatable bonds is 2. The second-order valence-corrected chi connectivity index (χ2v) is 5.14. The summed E-state index contributed by atoms with van der Waals surface area (Å²) in [6, 6.07) is 5.40. The first-order valence-electron chi connectivity index (χ1n) is 6.40. The summed E-state index contributed by atoms with van der Waals surface area (Å²) in [6.07, 6.45) is 4.16. The van der Waals surface area contributed by atoms with Gasteiger partial charge in [0.1, 0.15) is 0 Å². The summed E-state index contributed by atoms with van der Waals surface area (Å²) in [5.74, 6) is 0.0158. The maximum absolute atomic E-state index is 12.3. The van der Waals surface area contributed by atoms with Crippen LogP contribution in [0.15, 0.2) is 30.6 Å². The van der Waals surface area contributed by atoms with E-state index in [1.54, 1.807) is 29.4 Å². The number of amides is 1. The van der Waals surface area contributed by atoms with E-state index in [1.807, 2.05) is 13.0 Å². The molecular weight excluding hydrogens is 240 g/mol. The van der Waals surface area contributed by atoms with Gasteiger partial charge in [-0.2, -0.15) is 0 Å². The van der Waals surface area contributed by atoms with Crippen molar-refractivity contribution in [1.82, 2.24) is 14.9 Å². The molecule has 0 radical (unpaired) electrons. The van der Waals surface area contributed by atoms with Crippen molar-refractivity contribution in [2.24, 2.45) is 5.73 Å². The second-order valence-electron chi connectivity index (χ2n) is 5.14. The second kappa shape index (κ2) is 4.28. The molecule has 1 amide bonds. The Bertz CT molecular complexity index is 634. The molecule has 5 heteroatoms. The Kier molecular flexibility index (Phi) is 2.71. The van der Waals surface area contributed by atoms with Crippen molar-refractivity contribution >= 4 is 16.9 Å². The van der Waals surface area contributed by atoms with Gasteiger partial charge in [0.25, 0.3) is 5.91 Å². The number of fused-ring (bicyclic) bond motifs is 1. The maximum atomic E-state index is 12.3. The highest BCUT2D eigenvalue weighted by Gasteiger charge is 2.40. The van der Waals surface area contributed by atoms with Gasteiger partial charge >= 0.3 is 0 Å². The minimum Gasteiger partial charge on any atom is -0.335 e. The highest BCUT2D eigenvalue weighted by Crippen LogP contribution is 2.24. The van der Waals surface area contributed by atoms with Crippen molar-refractivity contribution in [2.75, 3.05) is 13.1 Å². The largest absolute Gasteiger partial charge is 0.335 e. The lowest BCUT2D eigenvalue weighted by Gasteiger charge is -2.47. The van der Waals surface area contributed by atoms with Crippen LogP contribution < -0.4 is 5.73 Å². The van der Waals surface area contributed by atoms with Crippen molar-refractivity contribution in [1.29, 1.82) is 0 Å². The summed E-state index contributed by atoms with van der Waals surface area (Å²) in [5, 5.41) is 0. The summed E-state index contributed by atoms with van der Waals surface area (Å²) < 4.78 is 0. The van der Waals surface area contributed by atoms with E-state index in [-0.39, 0.29) is 11.4 Å². The van der Waals surface area contributed by atoms with Crippen LogP contribution in [0.5, 0.6) is 0 Å². The number of benzene rings is 1. The molecule has 0 spiro atoms. The highest BCUT2D eigenvalue weighted by molar-refractivity contribution is 5.97. The molecular formula is C14H16N4O. The molecule has 0 saturated carbocycles. The Labute approximate surface area is 111 Å². The fourth-order valence-electron chi connectivity index (χ4n) is 2.36. The fourth-order valence-corrected chi connectivity index (χ4v) is 2.36. The van der Waals surface area contributed by atoms with E-state index in [9.17, 15) is 4.79 Å². The number of hydrogen-bond donors (Lipinski definition) is 1. The van der Waals surface area contributed by atoms with Gasteiger partial charge in [0.15, 0.2) is 0 Å². The van der Waals surface area contributed by atoms with E-state index in [0.29, 0.717) is 18.7 Å². The summed E-state index contributed by atoms with van der Waals surface area (Å²) >= 11 is 0. The Morgan fingerprint density at radius 3 is 2.68 bits per heavy atom. The van der Waals surface area contributed by atoms with Crippen molar-refractivity contribution in [3.05, 3.63) is 36.2 Å². The van der Waals surface area contributed by atoms with Crippen LogP contribution in [-0.4, -0.2) is 39.4 Å². The summed E-state index contributed by atoms with van der Waals surface area (Å²) in [6.45, 7) is 3.30. The zero-order valence-corrected chi connectivity index (χ0v) is 10.8. The Morgan fingerprint density at radius 2 is 2.00 bits per heavy atom. The minimum absolute atomic E-state index is 0.0158. The lowest BCUT2D eigenvalue weighted by molar-refractivity contribution is 0.0401. The van der Waals surface area contributed by atoms with Crippen LogP contribution in [0.4, 0.5) is 0 Å².